The number of ether oxygens (including phenoxy) is 1. The molecule has 0 saturated carbocycles. The van der Waals surface area contributed by atoms with Crippen LogP contribution in [0.5, 0.6) is 5.88 Å². The van der Waals surface area contributed by atoms with Crippen LogP contribution in [0, 0.1) is 4.78 Å². The highest BCUT2D eigenvalue weighted by Crippen LogP contribution is 2.46. The van der Waals surface area contributed by atoms with E-state index in [2.05, 4.69) is 21.2 Å². The topological polar surface area (TPSA) is 129 Å². The van der Waals surface area contributed by atoms with Gasteiger partial charge in [-0.2, -0.15) is 5.10 Å². The van der Waals surface area contributed by atoms with E-state index in [-0.39, 0.29) is 16.7 Å². The van der Waals surface area contributed by atoms with E-state index in [1.54, 1.807) is 6.92 Å². The van der Waals surface area contributed by atoms with Gasteiger partial charge in [-0.25, -0.2) is 18.4 Å². The van der Waals surface area contributed by atoms with E-state index >= 15 is 0 Å². The lowest BCUT2D eigenvalue weighted by Gasteiger charge is -2.37. The first kappa shape index (κ1) is 31.5. The molecule has 1 aromatic heterocycles. The van der Waals surface area contributed by atoms with Gasteiger partial charge in [0.25, 0.3) is 5.91 Å². The first-order chi connectivity index (χ1) is 23.7. The highest BCUT2D eigenvalue weighted by atomic mass is 32.2. The van der Waals surface area contributed by atoms with Crippen LogP contribution in [0.15, 0.2) is 108 Å². The Kier molecular flexibility index (Phi) is 7.70. The van der Waals surface area contributed by atoms with Crippen molar-refractivity contribution in [3.05, 3.63) is 142 Å². The number of rotatable bonds is 9. The van der Waals surface area contributed by atoms with Gasteiger partial charge in [-0.05, 0) is 84.4 Å². The lowest BCUT2D eigenvalue weighted by molar-refractivity contribution is -0.124. The Hall–Kier alpha value is -4.77. The average molecular weight is 674 g/mol. The highest BCUT2D eigenvalue weighted by Gasteiger charge is 2.52. The summed E-state index contributed by atoms with van der Waals surface area (Å²) in [6, 6.07) is 30.2. The van der Waals surface area contributed by atoms with Gasteiger partial charge >= 0.3 is 0 Å². The van der Waals surface area contributed by atoms with Crippen molar-refractivity contribution in [2.75, 3.05) is 11.9 Å². The van der Waals surface area contributed by atoms with Crippen molar-refractivity contribution in [3.63, 3.8) is 0 Å². The van der Waals surface area contributed by atoms with Gasteiger partial charge in [-0.3, -0.25) is 4.79 Å². The van der Waals surface area contributed by atoms with Gasteiger partial charge in [0, 0.05) is 5.69 Å². The molecule has 4 aromatic carbocycles. The summed E-state index contributed by atoms with van der Waals surface area (Å²) in [5.74, 6) is -0.341. The van der Waals surface area contributed by atoms with E-state index in [4.69, 9.17) is 4.74 Å². The van der Waals surface area contributed by atoms with Gasteiger partial charge in [-0.15, -0.1) is 0 Å². The molecule has 5 aromatic rings. The van der Waals surface area contributed by atoms with Gasteiger partial charge in [0.2, 0.25) is 5.88 Å². The summed E-state index contributed by atoms with van der Waals surface area (Å²) < 4.78 is 35.4. The average Bonchev–Trinajstić information content (AvgIpc) is 3.93. The van der Waals surface area contributed by atoms with Crippen molar-refractivity contribution in [2.45, 2.75) is 67.5 Å². The Morgan fingerprint density at radius 1 is 0.918 bits per heavy atom. The highest BCUT2D eigenvalue weighted by molar-refractivity contribution is 7.90. The minimum absolute atomic E-state index is 0.00358. The van der Waals surface area contributed by atoms with Gasteiger partial charge in [0.15, 0.2) is 11.6 Å². The van der Waals surface area contributed by atoms with Crippen molar-refractivity contribution in [3.8, 4) is 5.88 Å². The van der Waals surface area contributed by atoms with Crippen molar-refractivity contribution >= 4 is 21.5 Å². The van der Waals surface area contributed by atoms with Crippen molar-refractivity contribution in [1.82, 2.24) is 14.5 Å². The van der Waals surface area contributed by atoms with Crippen LogP contribution >= 0.6 is 0 Å². The summed E-state index contributed by atoms with van der Waals surface area (Å²) in [4.78, 5) is 14.3. The molecule has 4 N–H and O–H groups in total. The van der Waals surface area contributed by atoms with E-state index < -0.39 is 33.7 Å². The van der Waals surface area contributed by atoms with Crippen LogP contribution in [0.2, 0.25) is 0 Å². The zero-order valence-electron chi connectivity index (χ0n) is 27.3. The van der Waals surface area contributed by atoms with Crippen LogP contribution in [0.25, 0.3) is 0 Å². The molecule has 10 heteroatoms. The monoisotopic (exact) mass is 673 g/mol. The number of aromatic nitrogens is 2. The Balaban J connectivity index is 1.21. The molecular formula is C39H39N5O4S. The zero-order chi connectivity index (χ0) is 33.8. The van der Waals surface area contributed by atoms with Crippen LogP contribution in [0.3, 0.4) is 0 Å². The third kappa shape index (κ3) is 5.08. The number of anilines is 1. The van der Waals surface area contributed by atoms with Crippen molar-refractivity contribution in [2.24, 2.45) is 0 Å². The number of hydrogen-bond acceptors (Lipinski definition) is 6. The maximum Gasteiger partial charge on any atom is 0.253 e. The zero-order valence-corrected chi connectivity index (χ0v) is 28.1. The minimum atomic E-state index is -3.90. The normalized spacial score (nSPS) is 20.6. The number of aliphatic hydroxyl groups is 1. The second-order valence-electron chi connectivity index (χ2n) is 13.5. The maximum absolute atomic E-state index is 14.9. The Bertz CT molecular complexity index is 2020. The minimum Gasteiger partial charge on any atom is -0.465 e. The Labute approximate surface area is 286 Å². The molecule has 250 valence electrons. The molecule has 3 unspecified atom stereocenters. The summed E-state index contributed by atoms with van der Waals surface area (Å²) in [7, 11) is -3.90. The number of aryl methyl sites for hydroxylation is 2. The third-order valence-electron chi connectivity index (χ3n) is 10.4. The molecule has 0 saturated heterocycles. The second-order valence-corrected chi connectivity index (χ2v) is 15.2. The molecule has 8 rings (SSSR count). The van der Waals surface area contributed by atoms with E-state index in [9.17, 15) is 18.9 Å². The van der Waals surface area contributed by atoms with Crippen LogP contribution in [0.4, 0.5) is 5.69 Å². The summed E-state index contributed by atoms with van der Waals surface area (Å²) in [6.45, 7) is 1.16. The first-order valence-corrected chi connectivity index (χ1v) is 18.4. The number of fused-ring (bicyclic) bond motifs is 3. The SMILES string of the molecule is CC1(CO)Oc2c(S(=N)(=O)NC(c3ccccc3)(c3ccccc3)c3ccccc3)cnn2C1C(=O)Nc1c2c(cc3c1CCC3)CCC2. The molecule has 0 spiro atoms. The fourth-order valence-electron chi connectivity index (χ4n) is 8.03. The summed E-state index contributed by atoms with van der Waals surface area (Å²) in [5.41, 5.74) is 5.62. The molecule has 3 aliphatic rings. The summed E-state index contributed by atoms with van der Waals surface area (Å²) >= 11 is 0. The number of carbonyl (C=O) groups excluding carboxylic acids is 1. The number of aliphatic hydroxyl groups excluding tert-OH is 1. The van der Waals surface area contributed by atoms with Crippen LogP contribution in [0.1, 0.15) is 64.8 Å². The summed E-state index contributed by atoms with van der Waals surface area (Å²) in [5, 5.41) is 18.4. The fraction of sp³-hybridized carbons (Fsp3) is 0.282. The Morgan fingerprint density at radius 3 is 1.92 bits per heavy atom. The number of nitrogens with zero attached hydrogens (tertiary/aromatic N) is 2. The molecule has 2 aliphatic carbocycles. The lowest BCUT2D eigenvalue weighted by atomic mass is 9.78. The number of amides is 1. The van der Waals surface area contributed by atoms with Crippen molar-refractivity contribution < 1.29 is 18.8 Å². The number of hydrogen-bond donors (Lipinski definition) is 4. The summed E-state index contributed by atoms with van der Waals surface area (Å²) in [6.07, 6.45) is 7.27. The molecule has 0 bridgehead atoms. The van der Waals surface area contributed by atoms with Crippen LogP contribution < -0.4 is 14.8 Å². The number of benzene rings is 4. The van der Waals surface area contributed by atoms with Crippen molar-refractivity contribution in [1.29, 1.82) is 4.78 Å². The quantitative estimate of drug-likeness (QED) is 0.141. The fourth-order valence-corrected chi connectivity index (χ4v) is 9.50. The van der Waals surface area contributed by atoms with E-state index in [1.165, 1.54) is 33.1 Å². The number of nitrogens with one attached hydrogen (secondary N) is 3. The number of carbonyl (C=O) groups is 1. The van der Waals surface area contributed by atoms with Gasteiger partial charge in [0.05, 0.1) is 12.8 Å². The van der Waals surface area contributed by atoms with Crippen LogP contribution in [-0.4, -0.2) is 37.2 Å². The predicted molar refractivity (Wildman–Crippen MR) is 188 cm³/mol. The third-order valence-corrected chi connectivity index (χ3v) is 11.9. The molecular weight excluding hydrogens is 635 g/mol. The molecule has 9 nitrogen and oxygen atoms in total. The van der Waals surface area contributed by atoms with E-state index in [0.29, 0.717) is 0 Å². The molecule has 0 radical (unpaired) electrons. The smallest absolute Gasteiger partial charge is 0.253 e. The van der Waals surface area contributed by atoms with E-state index in [0.717, 1.165) is 60.9 Å². The van der Waals surface area contributed by atoms with E-state index in [1.807, 2.05) is 91.0 Å². The molecule has 49 heavy (non-hydrogen) atoms. The lowest BCUT2D eigenvalue weighted by Crippen LogP contribution is -2.47. The molecule has 1 aliphatic heterocycles. The Morgan fingerprint density at radius 2 is 1.43 bits per heavy atom. The van der Waals surface area contributed by atoms with Gasteiger partial charge < -0.3 is 15.2 Å². The van der Waals surface area contributed by atoms with Crippen LogP contribution in [-0.2, 0) is 45.9 Å². The second kappa shape index (κ2) is 12.0. The largest absolute Gasteiger partial charge is 0.465 e. The predicted octanol–water partition coefficient (Wildman–Crippen LogP) is 6.09. The molecule has 0 fully saturated rings. The van der Waals surface area contributed by atoms with Gasteiger partial charge in [0.1, 0.15) is 20.3 Å². The van der Waals surface area contributed by atoms with Gasteiger partial charge in [-0.1, -0.05) is 97.1 Å². The maximum atomic E-state index is 14.9. The first-order valence-electron chi connectivity index (χ1n) is 16.8. The molecule has 3 atom stereocenters. The molecule has 2 heterocycles. The standard InChI is InChI=1S/C39H39N5O4S/c1-38(25-45)35(36(46)42-34-31-21-11-13-26(31)23-27-14-12-22-32(27)34)44-37(48-38)33(24-41-44)49(40,47)43-39(28-15-5-2-6-16-28,29-17-7-3-8-18-29)30-19-9-4-10-20-30/h2-10,15-20,23-24,35,45H,11-14,21-22,25H2,1H3,(H,42,46)(H2,40,43,47). The molecule has 1 amide bonds.